The Bertz CT molecular complexity index is 655. The summed E-state index contributed by atoms with van der Waals surface area (Å²) < 4.78 is 0. The minimum Gasteiger partial charge on any atom is -0.480 e. The number of hydrogen-bond acceptors (Lipinski definition) is 6. The number of carboxylic acid groups (broad SMARTS) is 2. The standard InChI is InChI=1S/C17H23N3O6S/c18-12(17(25)26)6-7-14(21)20-13(16(24)19-8-15(22)23)10-27-9-11-4-2-1-3-5-11/h1-5,12-13H,6-10,18H2,(H,19,24)(H,20,21)(H,22,23)(H,25,26)/t12-,13-/m0/s1. The van der Waals surface area contributed by atoms with Gasteiger partial charge in [0, 0.05) is 17.9 Å². The van der Waals surface area contributed by atoms with Crippen molar-refractivity contribution in [3.63, 3.8) is 0 Å². The number of carbonyl (C=O) groups excluding carboxylic acids is 2. The van der Waals surface area contributed by atoms with Gasteiger partial charge in [0.25, 0.3) is 0 Å². The van der Waals surface area contributed by atoms with Crippen molar-refractivity contribution in [2.75, 3.05) is 12.3 Å². The van der Waals surface area contributed by atoms with Crippen molar-refractivity contribution in [3.8, 4) is 0 Å². The summed E-state index contributed by atoms with van der Waals surface area (Å²) in [5, 5.41) is 22.1. The molecule has 0 saturated heterocycles. The highest BCUT2D eigenvalue weighted by Crippen LogP contribution is 2.13. The van der Waals surface area contributed by atoms with E-state index in [0.717, 1.165) is 5.56 Å². The molecule has 0 aliphatic rings. The smallest absolute Gasteiger partial charge is 0.322 e. The van der Waals surface area contributed by atoms with Crippen molar-refractivity contribution in [2.45, 2.75) is 30.7 Å². The van der Waals surface area contributed by atoms with Gasteiger partial charge in [-0.3, -0.25) is 19.2 Å². The summed E-state index contributed by atoms with van der Waals surface area (Å²) in [6.07, 6.45) is -0.221. The molecule has 0 heterocycles. The Morgan fingerprint density at radius 1 is 1.11 bits per heavy atom. The van der Waals surface area contributed by atoms with Gasteiger partial charge in [0.1, 0.15) is 18.6 Å². The number of nitrogens with one attached hydrogen (secondary N) is 2. The number of rotatable bonds is 12. The van der Waals surface area contributed by atoms with Crippen LogP contribution in [-0.2, 0) is 24.9 Å². The highest BCUT2D eigenvalue weighted by Gasteiger charge is 2.22. The Labute approximate surface area is 160 Å². The number of nitrogens with two attached hydrogens (primary N) is 1. The second kappa shape index (κ2) is 11.9. The molecule has 1 rings (SSSR count). The Kier molecular flexibility index (Phi) is 9.91. The SMILES string of the molecule is N[C@@H](CCC(=O)N[C@@H](CSCc1ccccc1)C(=O)NCC(=O)O)C(=O)O. The number of benzene rings is 1. The lowest BCUT2D eigenvalue weighted by atomic mass is 10.1. The molecule has 0 fully saturated rings. The highest BCUT2D eigenvalue weighted by molar-refractivity contribution is 7.98. The Balaban J connectivity index is 2.58. The van der Waals surface area contributed by atoms with E-state index in [1.54, 1.807) is 0 Å². The van der Waals surface area contributed by atoms with Crippen LogP contribution in [0.5, 0.6) is 0 Å². The van der Waals surface area contributed by atoms with Gasteiger partial charge < -0.3 is 26.6 Å². The molecule has 0 bridgehead atoms. The molecule has 1 aromatic rings. The van der Waals surface area contributed by atoms with Crippen LogP contribution in [0.2, 0.25) is 0 Å². The van der Waals surface area contributed by atoms with Crippen molar-refractivity contribution in [1.82, 2.24) is 10.6 Å². The highest BCUT2D eigenvalue weighted by atomic mass is 32.2. The third-order valence-corrected chi connectivity index (χ3v) is 4.57. The summed E-state index contributed by atoms with van der Waals surface area (Å²) >= 11 is 1.41. The summed E-state index contributed by atoms with van der Waals surface area (Å²) in [4.78, 5) is 45.4. The van der Waals surface area contributed by atoms with Crippen molar-refractivity contribution < 1.29 is 29.4 Å². The van der Waals surface area contributed by atoms with Crippen molar-refractivity contribution in [1.29, 1.82) is 0 Å². The van der Waals surface area contributed by atoms with Crippen molar-refractivity contribution in [3.05, 3.63) is 35.9 Å². The molecule has 0 aromatic heterocycles. The summed E-state index contributed by atoms with van der Waals surface area (Å²) in [6, 6.07) is 7.42. The van der Waals surface area contributed by atoms with E-state index in [4.69, 9.17) is 15.9 Å². The van der Waals surface area contributed by atoms with Crippen molar-refractivity contribution in [2.24, 2.45) is 5.73 Å². The summed E-state index contributed by atoms with van der Waals surface area (Å²) in [7, 11) is 0. The van der Waals surface area contributed by atoms with Crippen LogP contribution in [0, 0.1) is 0 Å². The lowest BCUT2D eigenvalue weighted by molar-refractivity contribution is -0.139. The lowest BCUT2D eigenvalue weighted by Crippen LogP contribution is -2.49. The first-order valence-corrected chi connectivity index (χ1v) is 9.34. The molecule has 0 unspecified atom stereocenters. The van der Waals surface area contributed by atoms with E-state index in [1.807, 2.05) is 30.3 Å². The molecule has 0 saturated carbocycles. The van der Waals surface area contributed by atoms with E-state index in [2.05, 4.69) is 10.6 Å². The molecular weight excluding hydrogens is 374 g/mol. The molecule has 1 aromatic carbocycles. The summed E-state index contributed by atoms with van der Waals surface area (Å²) in [6.45, 7) is -0.557. The maximum atomic E-state index is 12.2. The van der Waals surface area contributed by atoms with Gasteiger partial charge in [-0.25, -0.2) is 0 Å². The monoisotopic (exact) mass is 397 g/mol. The Hall–Kier alpha value is -2.59. The van der Waals surface area contributed by atoms with E-state index in [1.165, 1.54) is 11.8 Å². The molecule has 148 valence electrons. The normalized spacial score (nSPS) is 12.6. The number of thioether (sulfide) groups is 1. The average Bonchev–Trinajstić information content (AvgIpc) is 2.64. The van der Waals surface area contributed by atoms with Crippen LogP contribution in [0.1, 0.15) is 18.4 Å². The molecule has 27 heavy (non-hydrogen) atoms. The van der Waals surface area contributed by atoms with E-state index >= 15 is 0 Å². The molecule has 2 amide bonds. The van der Waals surface area contributed by atoms with Gasteiger partial charge in [-0.2, -0.15) is 11.8 Å². The molecule has 9 nitrogen and oxygen atoms in total. The third-order valence-electron chi connectivity index (χ3n) is 3.46. The number of amides is 2. The molecule has 0 spiro atoms. The minimum absolute atomic E-state index is 0.0677. The number of hydrogen-bond donors (Lipinski definition) is 5. The first kappa shape index (κ1) is 22.5. The van der Waals surface area contributed by atoms with Gasteiger partial charge >= 0.3 is 11.9 Å². The van der Waals surface area contributed by atoms with Crippen LogP contribution in [0.15, 0.2) is 30.3 Å². The van der Waals surface area contributed by atoms with Gasteiger partial charge in [0.05, 0.1) is 0 Å². The molecule has 0 aliphatic carbocycles. The fraction of sp³-hybridized carbons (Fsp3) is 0.412. The lowest BCUT2D eigenvalue weighted by Gasteiger charge is -2.18. The number of carbonyl (C=O) groups is 4. The zero-order valence-electron chi connectivity index (χ0n) is 14.6. The molecule has 10 heteroatoms. The summed E-state index contributed by atoms with van der Waals surface area (Å²) in [5.74, 6) is -2.70. The first-order chi connectivity index (χ1) is 12.8. The van der Waals surface area contributed by atoms with E-state index in [0.29, 0.717) is 5.75 Å². The predicted molar refractivity (Wildman–Crippen MR) is 100 cm³/mol. The largest absolute Gasteiger partial charge is 0.480 e. The van der Waals surface area contributed by atoms with Gasteiger partial charge in [-0.15, -0.1) is 0 Å². The van der Waals surface area contributed by atoms with Crippen LogP contribution < -0.4 is 16.4 Å². The van der Waals surface area contributed by atoms with Crippen LogP contribution in [0.3, 0.4) is 0 Å². The minimum atomic E-state index is -1.21. The van der Waals surface area contributed by atoms with Gasteiger partial charge in [-0.1, -0.05) is 30.3 Å². The molecular formula is C17H23N3O6S. The fourth-order valence-electron chi connectivity index (χ4n) is 2.01. The number of carboxylic acids is 2. The summed E-state index contributed by atoms with van der Waals surface area (Å²) in [5.41, 5.74) is 6.40. The maximum absolute atomic E-state index is 12.2. The van der Waals surface area contributed by atoms with Gasteiger partial charge in [0.2, 0.25) is 11.8 Å². The topological polar surface area (TPSA) is 159 Å². The van der Waals surface area contributed by atoms with Gasteiger partial charge in [-0.05, 0) is 12.0 Å². The first-order valence-electron chi connectivity index (χ1n) is 8.18. The van der Waals surface area contributed by atoms with E-state index in [-0.39, 0.29) is 18.6 Å². The van der Waals surface area contributed by atoms with Crippen LogP contribution >= 0.6 is 11.8 Å². The predicted octanol–water partition coefficient (Wildman–Crippen LogP) is -0.202. The van der Waals surface area contributed by atoms with Crippen molar-refractivity contribution >= 4 is 35.5 Å². The maximum Gasteiger partial charge on any atom is 0.322 e. The molecule has 2 atom stereocenters. The zero-order valence-corrected chi connectivity index (χ0v) is 15.4. The average molecular weight is 397 g/mol. The Morgan fingerprint density at radius 3 is 2.37 bits per heavy atom. The van der Waals surface area contributed by atoms with Crippen LogP contribution in [0.4, 0.5) is 0 Å². The van der Waals surface area contributed by atoms with Gasteiger partial charge in [0.15, 0.2) is 0 Å². The zero-order chi connectivity index (χ0) is 20.2. The Morgan fingerprint density at radius 2 is 1.78 bits per heavy atom. The second-order valence-electron chi connectivity index (χ2n) is 5.72. The van der Waals surface area contributed by atoms with Crippen LogP contribution in [0.25, 0.3) is 0 Å². The molecule has 0 aliphatic heterocycles. The molecule has 0 radical (unpaired) electrons. The fourth-order valence-corrected chi connectivity index (χ4v) is 3.03. The van der Waals surface area contributed by atoms with E-state index < -0.39 is 42.4 Å². The number of aliphatic carboxylic acids is 2. The van der Waals surface area contributed by atoms with Crippen LogP contribution in [-0.4, -0.2) is 58.3 Å². The van der Waals surface area contributed by atoms with E-state index in [9.17, 15) is 19.2 Å². The second-order valence-corrected chi connectivity index (χ2v) is 6.75. The third kappa shape index (κ3) is 9.61. The molecule has 6 N–H and O–H groups in total. The quantitative estimate of drug-likeness (QED) is 0.324.